The minimum absolute atomic E-state index is 0.0465. The van der Waals surface area contributed by atoms with Crippen molar-refractivity contribution in [3.05, 3.63) is 37.0 Å². The second kappa shape index (κ2) is 9.25. The summed E-state index contributed by atoms with van der Waals surface area (Å²) in [5.74, 6) is -2.32. The van der Waals surface area contributed by atoms with Gasteiger partial charge in [-0.05, 0) is 20.3 Å². The van der Waals surface area contributed by atoms with Gasteiger partial charge in [0, 0.05) is 17.6 Å². The summed E-state index contributed by atoms with van der Waals surface area (Å²) in [6.45, 7) is 9.22. The summed E-state index contributed by atoms with van der Waals surface area (Å²) in [5, 5.41) is 0. The van der Waals surface area contributed by atoms with Gasteiger partial charge in [-0.3, -0.25) is 0 Å². The Morgan fingerprint density at radius 1 is 0.964 bits per heavy atom. The minimum Gasteiger partial charge on any atom is -0.455 e. The fourth-order valence-electron chi connectivity index (χ4n) is 2.25. The van der Waals surface area contributed by atoms with E-state index >= 15 is 0 Å². The average Bonchev–Trinajstić information content (AvgIpc) is 2.70. The zero-order chi connectivity index (χ0) is 20.8. The van der Waals surface area contributed by atoms with Crippen LogP contribution in [0.5, 0.6) is 0 Å². The number of carbonyl (C=O) groups excluding carboxylic acids is 4. The molecule has 3 unspecified atom stereocenters. The molecule has 0 aromatic heterocycles. The third-order valence-corrected chi connectivity index (χ3v) is 3.72. The highest BCUT2D eigenvalue weighted by Crippen LogP contribution is 2.33. The molecular formula is C18H20O10. The Bertz CT molecular complexity index is 682. The zero-order valence-electron chi connectivity index (χ0n) is 15.4. The van der Waals surface area contributed by atoms with Crippen LogP contribution in [0.4, 0.5) is 9.59 Å². The Hall–Kier alpha value is -3.04. The fourth-order valence-corrected chi connectivity index (χ4v) is 2.25. The van der Waals surface area contributed by atoms with Crippen LogP contribution in [0.1, 0.15) is 20.3 Å². The van der Waals surface area contributed by atoms with Gasteiger partial charge >= 0.3 is 30.5 Å². The van der Waals surface area contributed by atoms with E-state index in [1.165, 1.54) is 20.3 Å². The van der Waals surface area contributed by atoms with Crippen LogP contribution in [0.3, 0.4) is 0 Å². The van der Waals surface area contributed by atoms with Crippen molar-refractivity contribution >= 4 is 24.2 Å². The summed E-state index contributed by atoms with van der Waals surface area (Å²) in [6.07, 6.45) is -3.18. The smallest absolute Gasteiger partial charge is 0.455 e. The topological polar surface area (TPSA) is 124 Å². The van der Waals surface area contributed by atoms with Crippen molar-refractivity contribution in [3.63, 3.8) is 0 Å². The van der Waals surface area contributed by atoms with Crippen molar-refractivity contribution in [2.24, 2.45) is 5.92 Å². The molecule has 28 heavy (non-hydrogen) atoms. The molecule has 0 spiro atoms. The molecule has 0 saturated carbocycles. The molecule has 2 radical (unpaired) electrons. The van der Waals surface area contributed by atoms with Crippen molar-refractivity contribution < 1.29 is 47.6 Å². The molecule has 10 heteroatoms. The molecule has 0 aromatic carbocycles. The van der Waals surface area contributed by atoms with Gasteiger partial charge in [-0.15, -0.1) is 0 Å². The van der Waals surface area contributed by atoms with Crippen molar-refractivity contribution in [1.29, 1.82) is 0 Å². The van der Waals surface area contributed by atoms with Gasteiger partial charge in [0.25, 0.3) is 0 Å². The molecule has 0 aromatic rings. The second-order valence-electron chi connectivity index (χ2n) is 6.17. The van der Waals surface area contributed by atoms with Crippen LogP contribution in [-0.4, -0.2) is 49.7 Å². The Morgan fingerprint density at radius 2 is 1.50 bits per heavy atom. The number of hydrogen-bond acceptors (Lipinski definition) is 10. The molecule has 0 amide bonds. The summed E-state index contributed by atoms with van der Waals surface area (Å²) >= 11 is 0. The lowest BCUT2D eigenvalue weighted by atomic mass is 9.94. The minimum atomic E-state index is -1.19. The number of ether oxygens (including phenoxy) is 6. The molecule has 2 rings (SSSR count). The van der Waals surface area contributed by atoms with Gasteiger partial charge in [0.15, 0.2) is 0 Å². The molecule has 2 heterocycles. The van der Waals surface area contributed by atoms with E-state index in [1.54, 1.807) is 0 Å². The van der Waals surface area contributed by atoms with Gasteiger partial charge in [0.2, 0.25) is 0 Å². The zero-order valence-corrected chi connectivity index (χ0v) is 15.4. The summed E-state index contributed by atoms with van der Waals surface area (Å²) in [6, 6.07) is 0. The van der Waals surface area contributed by atoms with Crippen LogP contribution in [0.15, 0.2) is 24.3 Å². The normalized spacial score (nSPS) is 25.6. The molecule has 2 aliphatic rings. The summed E-state index contributed by atoms with van der Waals surface area (Å²) in [7, 11) is 0. The molecule has 2 aliphatic heterocycles. The highest BCUT2D eigenvalue weighted by atomic mass is 16.8. The van der Waals surface area contributed by atoms with Gasteiger partial charge in [0.1, 0.15) is 25.4 Å². The number of hydrogen-bond donors (Lipinski definition) is 0. The summed E-state index contributed by atoms with van der Waals surface area (Å²) in [5.41, 5.74) is 0.284. The first-order valence-electron chi connectivity index (χ1n) is 8.29. The lowest BCUT2D eigenvalue weighted by Crippen LogP contribution is -2.35. The Morgan fingerprint density at radius 3 is 2.07 bits per heavy atom. The van der Waals surface area contributed by atoms with E-state index < -0.39 is 48.7 Å². The molecule has 10 nitrogen and oxygen atoms in total. The van der Waals surface area contributed by atoms with Crippen molar-refractivity contribution in [1.82, 2.24) is 0 Å². The number of esters is 2. The number of rotatable bonds is 4. The quantitative estimate of drug-likeness (QED) is 0.396. The van der Waals surface area contributed by atoms with E-state index in [4.69, 9.17) is 28.4 Å². The van der Waals surface area contributed by atoms with Gasteiger partial charge in [-0.25, -0.2) is 19.2 Å². The molecule has 2 fully saturated rings. The van der Waals surface area contributed by atoms with Gasteiger partial charge < -0.3 is 28.4 Å². The highest BCUT2D eigenvalue weighted by molar-refractivity contribution is 5.87. The average molecular weight is 396 g/mol. The van der Waals surface area contributed by atoms with E-state index in [9.17, 15) is 19.2 Å². The standard InChI is InChI=1S/C18H20O10/c1-9(2)14(19)25-11-5-6-12-13(26-15(20)10(3)4)8-24-18(22)28-16(12)27-17(21)23-7-11/h5,11-13H,1,3,6-8H2,2,4H3. The molecule has 3 atom stereocenters. The van der Waals surface area contributed by atoms with E-state index in [-0.39, 0.29) is 30.8 Å². The van der Waals surface area contributed by atoms with Crippen LogP contribution in [0.25, 0.3) is 0 Å². The monoisotopic (exact) mass is 396 g/mol. The molecule has 0 bridgehead atoms. The van der Waals surface area contributed by atoms with Gasteiger partial charge in [-0.2, -0.15) is 0 Å². The predicted octanol–water partition coefficient (Wildman–Crippen LogP) is 2.00. The molecule has 0 N–H and O–H groups in total. The van der Waals surface area contributed by atoms with E-state index in [0.717, 1.165) is 0 Å². The van der Waals surface area contributed by atoms with E-state index in [1.807, 2.05) is 0 Å². The predicted molar refractivity (Wildman–Crippen MR) is 89.9 cm³/mol. The molecule has 152 valence electrons. The first-order valence-corrected chi connectivity index (χ1v) is 8.29. The maximum atomic E-state index is 11.9. The lowest BCUT2D eigenvalue weighted by Gasteiger charge is -2.26. The Kier molecular flexibility index (Phi) is 7.02. The third kappa shape index (κ3) is 5.73. The Balaban J connectivity index is 2.22. The first-order chi connectivity index (χ1) is 13.2. The summed E-state index contributed by atoms with van der Waals surface area (Å²) < 4.78 is 30.0. The van der Waals surface area contributed by atoms with Crippen molar-refractivity contribution in [3.8, 4) is 0 Å². The second-order valence-corrected chi connectivity index (χ2v) is 6.17. The van der Waals surface area contributed by atoms with E-state index in [0.29, 0.717) is 0 Å². The Labute approximate surface area is 161 Å². The van der Waals surface area contributed by atoms with Crippen molar-refractivity contribution in [2.45, 2.75) is 32.5 Å². The maximum absolute atomic E-state index is 11.9. The van der Waals surface area contributed by atoms with Crippen LogP contribution < -0.4 is 0 Å². The maximum Gasteiger partial charge on any atom is 0.512 e. The number of cyclic esters (lactones) is 2. The summed E-state index contributed by atoms with van der Waals surface area (Å²) in [4.78, 5) is 47.2. The highest BCUT2D eigenvalue weighted by Gasteiger charge is 2.45. The van der Waals surface area contributed by atoms with Crippen molar-refractivity contribution in [2.75, 3.05) is 13.2 Å². The van der Waals surface area contributed by atoms with Crippen LogP contribution in [-0.2, 0) is 38.0 Å². The van der Waals surface area contributed by atoms with E-state index in [2.05, 4.69) is 13.2 Å². The third-order valence-electron chi connectivity index (χ3n) is 3.72. The molecule has 2 saturated heterocycles. The molecular weight excluding hydrogens is 376 g/mol. The fraction of sp³-hybridized carbons (Fsp3) is 0.444. The first kappa shape index (κ1) is 21.3. The lowest BCUT2D eigenvalue weighted by molar-refractivity contribution is -0.150. The van der Waals surface area contributed by atoms with Crippen LogP contribution in [0.2, 0.25) is 0 Å². The van der Waals surface area contributed by atoms with Crippen LogP contribution in [0, 0.1) is 18.6 Å². The number of carbonyl (C=O) groups is 4. The van der Waals surface area contributed by atoms with Crippen LogP contribution >= 0.6 is 0 Å². The van der Waals surface area contributed by atoms with Gasteiger partial charge in [0.05, 0.1) is 5.92 Å². The number of fused-ring (bicyclic) bond motifs is 1. The largest absolute Gasteiger partial charge is 0.512 e. The van der Waals surface area contributed by atoms with Gasteiger partial charge in [-0.1, -0.05) is 13.2 Å². The SMILES string of the molecule is C=C(C)C(=O)OC1[CH]CC2[C](OC(=O)OC1)OC(=O)OCC2OC(=O)C(=C)C. The molecule has 0 aliphatic carbocycles.